The average molecular weight is 369 g/mol. The van der Waals surface area contributed by atoms with Crippen molar-refractivity contribution in [2.75, 3.05) is 0 Å². The van der Waals surface area contributed by atoms with Gasteiger partial charge in [0.2, 0.25) is 0 Å². The molecular weight excluding hydrogens is 332 g/mol. The molecule has 0 N–H and O–H groups in total. The van der Waals surface area contributed by atoms with E-state index in [9.17, 15) is 0 Å². The van der Waals surface area contributed by atoms with Crippen LogP contribution in [0.15, 0.2) is 60.7 Å². The Morgan fingerprint density at radius 3 is 1.73 bits per heavy atom. The van der Waals surface area contributed by atoms with E-state index < -0.39 is 8.32 Å². The number of hydrogen-bond donors (Lipinski definition) is 0. The maximum absolute atomic E-state index is 7.09. The van der Waals surface area contributed by atoms with Gasteiger partial charge in [0, 0.05) is 6.10 Å². The van der Waals surface area contributed by atoms with Crippen LogP contribution in [0.3, 0.4) is 0 Å². The lowest BCUT2D eigenvalue weighted by Gasteiger charge is -2.44. The predicted octanol–water partition coefficient (Wildman–Crippen LogP) is 5.92. The van der Waals surface area contributed by atoms with Crippen LogP contribution in [0.4, 0.5) is 0 Å². The van der Waals surface area contributed by atoms with Gasteiger partial charge in [-0.1, -0.05) is 114 Å². The van der Waals surface area contributed by atoms with Crippen LogP contribution in [0.1, 0.15) is 66.7 Å². The summed E-state index contributed by atoms with van der Waals surface area (Å²) in [6.07, 6.45) is 6.59. The zero-order chi connectivity index (χ0) is 19.0. The summed E-state index contributed by atoms with van der Waals surface area (Å²) >= 11 is 0. The Labute approximate surface area is 161 Å². The first kappa shape index (κ1) is 20.9. The highest BCUT2D eigenvalue weighted by molar-refractivity contribution is 6.99. The number of hydrogen-bond acceptors (Lipinski definition) is 1. The zero-order valence-corrected chi connectivity index (χ0v) is 18.3. The van der Waals surface area contributed by atoms with Crippen LogP contribution in [0, 0.1) is 0 Å². The molecular formula is C24H36OSi. The average Bonchev–Trinajstić information content (AvgIpc) is 2.64. The Morgan fingerprint density at radius 1 is 0.808 bits per heavy atom. The Balaban J connectivity index is 2.41. The minimum Gasteiger partial charge on any atom is -0.405 e. The standard InChI is InChI=1S/C24H36OSi/c1-6-7-8-11-16-21(2)25-26(24(3,4)5,22-17-12-9-13-18-22)23-19-14-10-15-20-23/h9-10,12-15,17-21H,6-8,11,16H2,1-5H3. The maximum Gasteiger partial charge on any atom is 0.261 e. The Bertz CT molecular complexity index is 591. The quantitative estimate of drug-likeness (QED) is 0.394. The van der Waals surface area contributed by atoms with Gasteiger partial charge in [-0.05, 0) is 28.8 Å². The molecule has 1 unspecified atom stereocenters. The number of unbranched alkanes of at least 4 members (excludes halogenated alkanes) is 3. The molecule has 1 atom stereocenters. The largest absolute Gasteiger partial charge is 0.405 e. The van der Waals surface area contributed by atoms with Crippen LogP contribution >= 0.6 is 0 Å². The summed E-state index contributed by atoms with van der Waals surface area (Å²) in [4.78, 5) is 0. The Hall–Kier alpha value is -1.38. The molecule has 0 aliphatic rings. The molecule has 0 saturated carbocycles. The zero-order valence-electron chi connectivity index (χ0n) is 17.3. The second-order valence-corrected chi connectivity index (χ2v) is 12.7. The van der Waals surface area contributed by atoms with Gasteiger partial charge in [-0.15, -0.1) is 0 Å². The Morgan fingerprint density at radius 2 is 1.31 bits per heavy atom. The van der Waals surface area contributed by atoms with Crippen LogP contribution in [0.25, 0.3) is 0 Å². The van der Waals surface area contributed by atoms with Gasteiger partial charge in [-0.2, -0.15) is 0 Å². The SMILES string of the molecule is CCCCCCC(C)O[Si](c1ccccc1)(c1ccccc1)C(C)(C)C. The predicted molar refractivity (Wildman–Crippen MR) is 117 cm³/mol. The van der Waals surface area contributed by atoms with E-state index in [1.165, 1.54) is 36.1 Å². The Kier molecular flexibility index (Phi) is 7.66. The molecule has 0 spiro atoms. The second kappa shape index (κ2) is 9.52. The van der Waals surface area contributed by atoms with E-state index in [-0.39, 0.29) is 11.1 Å². The molecule has 2 rings (SSSR count). The third-order valence-electron chi connectivity index (χ3n) is 5.26. The topological polar surface area (TPSA) is 9.23 Å². The van der Waals surface area contributed by atoms with Crippen molar-refractivity contribution < 1.29 is 4.43 Å². The third-order valence-corrected chi connectivity index (χ3v) is 10.4. The van der Waals surface area contributed by atoms with Crippen molar-refractivity contribution in [3.05, 3.63) is 60.7 Å². The fraction of sp³-hybridized carbons (Fsp3) is 0.500. The molecule has 0 fully saturated rings. The molecule has 26 heavy (non-hydrogen) atoms. The molecule has 0 aliphatic heterocycles. The van der Waals surface area contributed by atoms with E-state index in [0.29, 0.717) is 0 Å². The normalized spacial score (nSPS) is 13.6. The van der Waals surface area contributed by atoms with Crippen molar-refractivity contribution in [1.82, 2.24) is 0 Å². The smallest absolute Gasteiger partial charge is 0.261 e. The monoisotopic (exact) mass is 368 g/mol. The van der Waals surface area contributed by atoms with Crippen LogP contribution in [0.5, 0.6) is 0 Å². The summed E-state index contributed by atoms with van der Waals surface area (Å²) in [7, 11) is -2.38. The van der Waals surface area contributed by atoms with Crippen molar-refractivity contribution in [2.24, 2.45) is 0 Å². The lowest BCUT2D eigenvalue weighted by molar-refractivity contribution is 0.192. The molecule has 2 heteroatoms. The molecule has 2 aromatic rings. The van der Waals surface area contributed by atoms with E-state index in [4.69, 9.17) is 4.43 Å². The summed E-state index contributed by atoms with van der Waals surface area (Å²) in [6.45, 7) is 11.6. The van der Waals surface area contributed by atoms with Crippen LogP contribution < -0.4 is 10.4 Å². The van der Waals surface area contributed by atoms with Crippen LogP contribution in [0.2, 0.25) is 5.04 Å². The minimum absolute atomic E-state index is 0.0629. The lowest BCUT2D eigenvalue weighted by Crippen LogP contribution is -2.67. The second-order valence-electron chi connectivity index (χ2n) is 8.44. The lowest BCUT2D eigenvalue weighted by atomic mass is 10.1. The summed E-state index contributed by atoms with van der Waals surface area (Å²) < 4.78 is 7.09. The van der Waals surface area contributed by atoms with Gasteiger partial charge in [0.15, 0.2) is 0 Å². The van der Waals surface area contributed by atoms with Gasteiger partial charge in [0.25, 0.3) is 8.32 Å². The van der Waals surface area contributed by atoms with Crippen LogP contribution in [-0.2, 0) is 4.43 Å². The first-order chi connectivity index (χ1) is 12.4. The highest BCUT2D eigenvalue weighted by Gasteiger charge is 2.50. The molecule has 0 aromatic heterocycles. The van der Waals surface area contributed by atoms with E-state index in [0.717, 1.165) is 6.42 Å². The highest BCUT2D eigenvalue weighted by Crippen LogP contribution is 2.37. The molecule has 142 valence electrons. The molecule has 2 aromatic carbocycles. The fourth-order valence-corrected chi connectivity index (χ4v) is 8.65. The number of rotatable bonds is 9. The molecule has 0 saturated heterocycles. The van der Waals surface area contributed by atoms with Gasteiger partial charge in [0.05, 0.1) is 0 Å². The first-order valence-corrected chi connectivity index (χ1v) is 12.1. The summed E-state index contributed by atoms with van der Waals surface area (Å²) in [5.41, 5.74) is 0. The summed E-state index contributed by atoms with van der Waals surface area (Å²) in [6, 6.07) is 21.9. The minimum atomic E-state index is -2.38. The molecule has 0 radical (unpaired) electrons. The van der Waals surface area contributed by atoms with Crippen molar-refractivity contribution in [3.63, 3.8) is 0 Å². The van der Waals surface area contributed by atoms with Gasteiger partial charge >= 0.3 is 0 Å². The molecule has 0 heterocycles. The van der Waals surface area contributed by atoms with Crippen molar-refractivity contribution in [1.29, 1.82) is 0 Å². The maximum atomic E-state index is 7.09. The van der Waals surface area contributed by atoms with E-state index >= 15 is 0 Å². The summed E-state index contributed by atoms with van der Waals surface area (Å²) in [5, 5.41) is 2.81. The van der Waals surface area contributed by atoms with Crippen molar-refractivity contribution in [3.8, 4) is 0 Å². The van der Waals surface area contributed by atoms with Crippen LogP contribution in [-0.4, -0.2) is 14.4 Å². The van der Waals surface area contributed by atoms with E-state index in [1.54, 1.807) is 0 Å². The number of benzene rings is 2. The fourth-order valence-electron chi connectivity index (χ4n) is 3.91. The molecule has 1 nitrogen and oxygen atoms in total. The molecule has 0 aliphatic carbocycles. The van der Waals surface area contributed by atoms with Gasteiger partial charge in [-0.25, -0.2) is 0 Å². The van der Waals surface area contributed by atoms with Crippen molar-refractivity contribution >= 4 is 18.7 Å². The molecule has 0 bridgehead atoms. The van der Waals surface area contributed by atoms with Gasteiger partial charge in [0.1, 0.15) is 0 Å². The van der Waals surface area contributed by atoms with E-state index in [1.807, 2.05) is 0 Å². The molecule has 0 amide bonds. The first-order valence-electron chi connectivity index (χ1n) is 10.2. The van der Waals surface area contributed by atoms with Crippen molar-refractivity contribution in [2.45, 2.75) is 77.9 Å². The third kappa shape index (κ3) is 4.86. The van der Waals surface area contributed by atoms with Gasteiger partial charge < -0.3 is 4.43 Å². The van der Waals surface area contributed by atoms with Gasteiger partial charge in [-0.3, -0.25) is 0 Å². The van der Waals surface area contributed by atoms with E-state index in [2.05, 4.69) is 95.3 Å². The summed E-state index contributed by atoms with van der Waals surface area (Å²) in [5.74, 6) is 0. The highest BCUT2D eigenvalue weighted by atomic mass is 28.4.